The Bertz CT molecular complexity index is 588. The molecule has 2 rings (SSSR count). The van der Waals surface area contributed by atoms with Gasteiger partial charge >= 0.3 is 0 Å². The minimum Gasteiger partial charge on any atom is -0.384 e. The molecule has 0 radical (unpaired) electrons. The van der Waals surface area contributed by atoms with Crippen molar-refractivity contribution in [3.63, 3.8) is 0 Å². The van der Waals surface area contributed by atoms with Crippen molar-refractivity contribution in [2.75, 3.05) is 5.73 Å². The van der Waals surface area contributed by atoms with Gasteiger partial charge in [0, 0.05) is 12.6 Å². The Kier molecular flexibility index (Phi) is 2.61. The highest BCUT2D eigenvalue weighted by Crippen LogP contribution is 2.31. The first-order valence-electron chi connectivity index (χ1n) is 5.17. The normalized spacial score (nSPS) is 10.9. The number of nitrogen functional groups attached to an aromatic ring is 1. The molecule has 0 atom stereocenters. The number of nitrogens with two attached hydrogens (primary N) is 1. The fraction of sp³-hybridized carbons (Fsp3) is 0.250. The zero-order valence-corrected chi connectivity index (χ0v) is 9.88. The Hall–Kier alpha value is -1.91. The summed E-state index contributed by atoms with van der Waals surface area (Å²) in [5.41, 5.74) is 6.83. The minimum atomic E-state index is -0.630. The second-order valence-electron chi connectivity index (χ2n) is 4.04. The van der Waals surface area contributed by atoms with Crippen LogP contribution in [0.25, 0.3) is 11.3 Å². The summed E-state index contributed by atoms with van der Waals surface area (Å²) in [5.74, 6) is -0.819. The summed E-state index contributed by atoms with van der Waals surface area (Å²) in [6.45, 7) is 3.28. The van der Waals surface area contributed by atoms with Crippen LogP contribution in [0.4, 0.5) is 14.6 Å². The number of halogens is 2. The van der Waals surface area contributed by atoms with E-state index in [0.717, 1.165) is 0 Å². The van der Waals surface area contributed by atoms with Gasteiger partial charge in [-0.05, 0) is 25.5 Å². The Labute approximate surface area is 97.9 Å². The third kappa shape index (κ3) is 1.67. The van der Waals surface area contributed by atoms with E-state index in [1.54, 1.807) is 20.9 Å². The molecule has 0 fully saturated rings. The molecule has 5 heteroatoms. The van der Waals surface area contributed by atoms with Crippen molar-refractivity contribution in [2.24, 2.45) is 7.05 Å². The van der Waals surface area contributed by atoms with Gasteiger partial charge in [0.05, 0.1) is 5.56 Å². The highest BCUT2D eigenvalue weighted by Gasteiger charge is 2.20. The quantitative estimate of drug-likeness (QED) is 0.828. The lowest BCUT2D eigenvalue weighted by Gasteiger charge is -2.05. The molecule has 0 aliphatic carbocycles. The van der Waals surface area contributed by atoms with Crippen molar-refractivity contribution in [1.29, 1.82) is 0 Å². The van der Waals surface area contributed by atoms with E-state index in [4.69, 9.17) is 5.73 Å². The molecule has 1 aromatic heterocycles. The van der Waals surface area contributed by atoms with Gasteiger partial charge in [-0.1, -0.05) is 6.07 Å². The van der Waals surface area contributed by atoms with Crippen LogP contribution in [0.2, 0.25) is 0 Å². The molecular formula is C12H13F2N3. The van der Waals surface area contributed by atoms with Crippen LogP contribution >= 0.6 is 0 Å². The molecule has 2 N–H and O–H groups in total. The number of hydrogen-bond acceptors (Lipinski definition) is 2. The average molecular weight is 237 g/mol. The molecule has 2 aromatic rings. The molecule has 3 nitrogen and oxygen atoms in total. The molecule has 1 heterocycles. The number of rotatable bonds is 1. The summed E-state index contributed by atoms with van der Waals surface area (Å²) >= 11 is 0. The number of aromatic nitrogens is 2. The summed E-state index contributed by atoms with van der Waals surface area (Å²) in [7, 11) is 1.64. The van der Waals surface area contributed by atoms with E-state index in [9.17, 15) is 8.78 Å². The zero-order chi connectivity index (χ0) is 12.7. The molecule has 17 heavy (non-hydrogen) atoms. The maximum absolute atomic E-state index is 13.9. The molecule has 0 aliphatic rings. The topological polar surface area (TPSA) is 43.8 Å². The van der Waals surface area contributed by atoms with Gasteiger partial charge in [0.1, 0.15) is 23.1 Å². The van der Waals surface area contributed by atoms with E-state index in [0.29, 0.717) is 16.9 Å². The van der Waals surface area contributed by atoms with Gasteiger partial charge in [-0.2, -0.15) is 5.10 Å². The van der Waals surface area contributed by atoms with Crippen molar-refractivity contribution in [3.8, 4) is 11.3 Å². The van der Waals surface area contributed by atoms with Crippen molar-refractivity contribution in [3.05, 3.63) is 34.9 Å². The third-order valence-electron chi connectivity index (χ3n) is 2.86. The van der Waals surface area contributed by atoms with Crippen molar-refractivity contribution in [1.82, 2.24) is 9.78 Å². The fourth-order valence-electron chi connectivity index (χ4n) is 1.75. The predicted molar refractivity (Wildman–Crippen MR) is 62.4 cm³/mol. The molecule has 1 aromatic carbocycles. The van der Waals surface area contributed by atoms with E-state index in [2.05, 4.69) is 5.10 Å². The molecule has 0 unspecified atom stereocenters. The molecule has 0 aliphatic heterocycles. The predicted octanol–water partition coefficient (Wildman–Crippen LogP) is 2.56. The van der Waals surface area contributed by atoms with E-state index >= 15 is 0 Å². The van der Waals surface area contributed by atoms with E-state index in [1.807, 2.05) is 0 Å². The lowest BCUT2D eigenvalue weighted by molar-refractivity contribution is 0.582. The summed E-state index contributed by atoms with van der Waals surface area (Å²) in [6, 6.07) is 2.63. The fourth-order valence-corrected chi connectivity index (χ4v) is 1.75. The van der Waals surface area contributed by atoms with E-state index in [-0.39, 0.29) is 11.3 Å². The van der Waals surface area contributed by atoms with Crippen LogP contribution in [0.5, 0.6) is 0 Å². The highest BCUT2D eigenvalue weighted by atomic mass is 19.1. The first kappa shape index (κ1) is 11.6. The van der Waals surface area contributed by atoms with Crippen LogP contribution in [0, 0.1) is 25.5 Å². The lowest BCUT2D eigenvalue weighted by atomic mass is 10.0. The summed E-state index contributed by atoms with van der Waals surface area (Å²) in [5, 5.41) is 4.05. The van der Waals surface area contributed by atoms with E-state index < -0.39 is 11.6 Å². The van der Waals surface area contributed by atoms with Gasteiger partial charge in [0.25, 0.3) is 0 Å². The smallest absolute Gasteiger partial charge is 0.138 e. The van der Waals surface area contributed by atoms with Crippen LogP contribution in [-0.4, -0.2) is 9.78 Å². The number of anilines is 1. The van der Waals surface area contributed by atoms with Crippen LogP contribution < -0.4 is 5.73 Å². The highest BCUT2D eigenvalue weighted by molar-refractivity contribution is 5.69. The number of aryl methyl sites for hydroxylation is 2. The average Bonchev–Trinajstić information content (AvgIpc) is 2.53. The van der Waals surface area contributed by atoms with Gasteiger partial charge in [-0.15, -0.1) is 0 Å². The van der Waals surface area contributed by atoms with Gasteiger partial charge in [0.2, 0.25) is 0 Å². The molecule has 0 amide bonds. The minimum absolute atomic E-state index is 0.116. The van der Waals surface area contributed by atoms with Crippen LogP contribution in [0.15, 0.2) is 12.1 Å². The van der Waals surface area contributed by atoms with Gasteiger partial charge in [-0.3, -0.25) is 4.68 Å². The Morgan fingerprint density at radius 3 is 2.41 bits per heavy atom. The summed E-state index contributed by atoms with van der Waals surface area (Å²) in [4.78, 5) is 0. The Morgan fingerprint density at radius 2 is 1.88 bits per heavy atom. The van der Waals surface area contributed by atoms with Gasteiger partial charge in [-0.25, -0.2) is 8.78 Å². The largest absolute Gasteiger partial charge is 0.384 e. The number of benzene rings is 1. The SMILES string of the molecule is Cc1ccc(F)c(-c2nn(C)c(N)c2C)c1F. The first-order valence-corrected chi connectivity index (χ1v) is 5.17. The van der Waals surface area contributed by atoms with Crippen molar-refractivity contribution >= 4 is 5.82 Å². The second-order valence-corrected chi connectivity index (χ2v) is 4.04. The van der Waals surface area contributed by atoms with Crippen LogP contribution in [0.1, 0.15) is 11.1 Å². The summed E-state index contributed by atoms with van der Waals surface area (Å²) in [6.07, 6.45) is 0. The monoisotopic (exact) mass is 237 g/mol. The van der Waals surface area contributed by atoms with Gasteiger partial charge in [0.15, 0.2) is 0 Å². The maximum atomic E-state index is 13.9. The van der Waals surface area contributed by atoms with E-state index in [1.165, 1.54) is 16.8 Å². The van der Waals surface area contributed by atoms with Crippen LogP contribution in [-0.2, 0) is 7.05 Å². The molecule has 0 saturated carbocycles. The maximum Gasteiger partial charge on any atom is 0.138 e. The number of hydrogen-bond donors (Lipinski definition) is 1. The molecule has 0 bridgehead atoms. The third-order valence-corrected chi connectivity index (χ3v) is 2.86. The Balaban J connectivity index is 2.77. The van der Waals surface area contributed by atoms with Crippen LogP contribution in [0.3, 0.4) is 0 Å². The molecule has 0 spiro atoms. The molecule has 90 valence electrons. The molecular weight excluding hydrogens is 224 g/mol. The van der Waals surface area contributed by atoms with Crippen molar-refractivity contribution in [2.45, 2.75) is 13.8 Å². The first-order chi connectivity index (χ1) is 7.93. The lowest BCUT2D eigenvalue weighted by Crippen LogP contribution is -1.98. The zero-order valence-electron chi connectivity index (χ0n) is 9.88. The Morgan fingerprint density at radius 1 is 1.24 bits per heavy atom. The molecule has 0 saturated heterocycles. The summed E-state index contributed by atoms with van der Waals surface area (Å²) < 4.78 is 29.1. The number of nitrogens with zero attached hydrogens (tertiary/aromatic N) is 2. The van der Waals surface area contributed by atoms with Crippen molar-refractivity contribution < 1.29 is 8.78 Å². The van der Waals surface area contributed by atoms with Gasteiger partial charge < -0.3 is 5.73 Å². The standard InChI is InChI=1S/C12H13F2N3/c1-6-4-5-8(13)9(10(6)14)11-7(2)12(15)17(3)16-11/h4-5H,15H2,1-3H3. The second kappa shape index (κ2) is 3.84.